The summed E-state index contributed by atoms with van der Waals surface area (Å²) in [6.45, 7) is 2.10. The zero-order chi connectivity index (χ0) is 12.4. The van der Waals surface area contributed by atoms with Crippen LogP contribution in [0.2, 0.25) is 5.02 Å². The minimum absolute atomic E-state index is 0.639. The molecule has 2 rings (SSSR count). The van der Waals surface area contributed by atoms with Crippen molar-refractivity contribution >= 4 is 28.3 Å². The number of anilines is 1. The molecule has 1 aromatic heterocycles. The maximum absolute atomic E-state index is 6.16. The number of benzene rings is 1. The Balaban J connectivity index is 2.80. The number of nitrogens with one attached hydrogen (secondary N) is 1. The van der Waals surface area contributed by atoms with Gasteiger partial charge in [-0.2, -0.15) is 0 Å². The largest absolute Gasteiger partial charge is 0.496 e. The summed E-state index contributed by atoms with van der Waals surface area (Å²) in [6.07, 6.45) is 0.911. The van der Waals surface area contributed by atoms with E-state index in [4.69, 9.17) is 16.3 Å². The quantitative estimate of drug-likeness (QED) is 0.905. The van der Waals surface area contributed by atoms with Gasteiger partial charge >= 0.3 is 0 Å². The zero-order valence-electron chi connectivity index (χ0n) is 10.2. The van der Waals surface area contributed by atoms with Crippen molar-refractivity contribution in [1.82, 2.24) is 4.98 Å². The second kappa shape index (κ2) is 4.80. The lowest BCUT2D eigenvalue weighted by atomic mass is 10.1. The van der Waals surface area contributed by atoms with Crippen LogP contribution in [-0.4, -0.2) is 19.1 Å². The van der Waals surface area contributed by atoms with Gasteiger partial charge in [0, 0.05) is 12.4 Å². The van der Waals surface area contributed by atoms with E-state index >= 15 is 0 Å². The molecule has 0 amide bonds. The molecule has 1 N–H and O–H groups in total. The maximum Gasteiger partial charge on any atom is 0.129 e. The van der Waals surface area contributed by atoms with Crippen molar-refractivity contribution in [2.45, 2.75) is 13.3 Å². The van der Waals surface area contributed by atoms with Crippen LogP contribution in [0.25, 0.3) is 10.9 Å². The molecule has 0 atom stereocenters. The first kappa shape index (κ1) is 12.0. The molecule has 90 valence electrons. The van der Waals surface area contributed by atoms with E-state index < -0.39 is 0 Å². The van der Waals surface area contributed by atoms with Crippen LogP contribution in [-0.2, 0) is 6.42 Å². The number of halogens is 1. The Kier molecular flexibility index (Phi) is 3.38. The highest BCUT2D eigenvalue weighted by atomic mass is 35.5. The first-order valence-electron chi connectivity index (χ1n) is 5.55. The van der Waals surface area contributed by atoms with E-state index in [1.54, 1.807) is 13.2 Å². The van der Waals surface area contributed by atoms with Gasteiger partial charge in [0.15, 0.2) is 0 Å². The van der Waals surface area contributed by atoms with Gasteiger partial charge in [0.2, 0.25) is 0 Å². The number of nitrogens with zero attached hydrogens (tertiary/aromatic N) is 1. The molecular weight excluding hydrogens is 236 g/mol. The molecule has 0 unspecified atom stereocenters. The summed E-state index contributed by atoms with van der Waals surface area (Å²) in [5.74, 6) is 1.67. The van der Waals surface area contributed by atoms with Crippen LogP contribution in [0.4, 0.5) is 5.82 Å². The molecule has 1 heterocycles. The van der Waals surface area contributed by atoms with Crippen molar-refractivity contribution in [3.63, 3.8) is 0 Å². The number of rotatable bonds is 3. The van der Waals surface area contributed by atoms with Gasteiger partial charge in [-0.25, -0.2) is 4.98 Å². The molecule has 0 aliphatic heterocycles. The van der Waals surface area contributed by atoms with Gasteiger partial charge in [-0.1, -0.05) is 18.5 Å². The van der Waals surface area contributed by atoms with E-state index in [1.165, 1.54) is 0 Å². The summed E-state index contributed by atoms with van der Waals surface area (Å²) in [5, 5.41) is 4.69. The Hall–Kier alpha value is -1.48. The van der Waals surface area contributed by atoms with Crippen molar-refractivity contribution in [3.8, 4) is 5.75 Å². The molecular formula is C13H15ClN2O. The first-order chi connectivity index (χ1) is 8.21. The third-order valence-electron chi connectivity index (χ3n) is 2.81. The third-order valence-corrected chi connectivity index (χ3v) is 3.12. The third kappa shape index (κ3) is 2.03. The lowest BCUT2D eigenvalue weighted by Gasteiger charge is -2.11. The molecule has 0 saturated heterocycles. The number of methoxy groups -OCH3 is 1. The van der Waals surface area contributed by atoms with Crippen molar-refractivity contribution in [1.29, 1.82) is 0 Å². The van der Waals surface area contributed by atoms with Crippen LogP contribution in [0.1, 0.15) is 12.5 Å². The fourth-order valence-electron chi connectivity index (χ4n) is 1.91. The van der Waals surface area contributed by atoms with Gasteiger partial charge in [0.05, 0.1) is 17.6 Å². The van der Waals surface area contributed by atoms with E-state index in [-0.39, 0.29) is 0 Å². The molecule has 1 aromatic carbocycles. The van der Waals surface area contributed by atoms with Gasteiger partial charge in [-0.15, -0.1) is 0 Å². The second-order valence-electron chi connectivity index (χ2n) is 3.75. The lowest BCUT2D eigenvalue weighted by molar-refractivity contribution is 0.419. The predicted molar refractivity (Wildman–Crippen MR) is 72.2 cm³/mol. The summed E-state index contributed by atoms with van der Waals surface area (Å²) in [4.78, 5) is 4.55. The molecule has 0 saturated carbocycles. The second-order valence-corrected chi connectivity index (χ2v) is 4.15. The lowest BCUT2D eigenvalue weighted by Crippen LogP contribution is -1.99. The monoisotopic (exact) mass is 250 g/mol. The van der Waals surface area contributed by atoms with E-state index in [0.29, 0.717) is 5.02 Å². The van der Waals surface area contributed by atoms with Crippen LogP contribution < -0.4 is 10.1 Å². The van der Waals surface area contributed by atoms with E-state index in [9.17, 15) is 0 Å². The molecule has 2 aromatic rings. The maximum atomic E-state index is 6.16. The fourth-order valence-corrected chi connectivity index (χ4v) is 2.11. The molecule has 0 spiro atoms. The Bertz CT molecular complexity index is 555. The van der Waals surface area contributed by atoms with Gasteiger partial charge < -0.3 is 10.1 Å². The summed E-state index contributed by atoms with van der Waals surface area (Å²) in [7, 11) is 3.52. The van der Waals surface area contributed by atoms with Crippen molar-refractivity contribution in [2.24, 2.45) is 0 Å². The van der Waals surface area contributed by atoms with Crippen LogP contribution >= 0.6 is 11.6 Å². The molecule has 0 bridgehead atoms. The molecule has 0 aliphatic carbocycles. The van der Waals surface area contributed by atoms with Gasteiger partial charge in [-0.3, -0.25) is 0 Å². The summed E-state index contributed by atoms with van der Waals surface area (Å²) in [5.41, 5.74) is 1.92. The highest BCUT2D eigenvalue weighted by Crippen LogP contribution is 2.32. The number of pyridine rings is 1. The number of aromatic nitrogens is 1. The van der Waals surface area contributed by atoms with Crippen LogP contribution in [0.3, 0.4) is 0 Å². The van der Waals surface area contributed by atoms with Crippen molar-refractivity contribution in [2.75, 3.05) is 19.5 Å². The van der Waals surface area contributed by atoms with Crippen LogP contribution in [0, 0.1) is 0 Å². The topological polar surface area (TPSA) is 34.1 Å². The minimum atomic E-state index is 0.639. The minimum Gasteiger partial charge on any atom is -0.496 e. The Morgan fingerprint density at radius 3 is 2.76 bits per heavy atom. The van der Waals surface area contributed by atoms with Gasteiger partial charge in [0.1, 0.15) is 11.6 Å². The smallest absolute Gasteiger partial charge is 0.129 e. The summed E-state index contributed by atoms with van der Waals surface area (Å²) < 4.78 is 5.34. The SMILES string of the molecule is CCc1cc2c(OC)ccc(Cl)c2nc1NC. The molecule has 4 heteroatoms. The van der Waals surface area contributed by atoms with Crippen LogP contribution in [0.5, 0.6) is 5.75 Å². The first-order valence-corrected chi connectivity index (χ1v) is 5.93. The standard InChI is InChI=1S/C13H15ClN2O/c1-4-8-7-9-11(17-3)6-5-10(14)12(9)16-13(8)15-2/h5-7H,4H2,1-3H3,(H,15,16). The number of fused-ring (bicyclic) bond motifs is 1. The predicted octanol–water partition coefficient (Wildman–Crippen LogP) is 3.50. The number of ether oxygens (including phenoxy) is 1. The van der Waals surface area contributed by atoms with Gasteiger partial charge in [0.25, 0.3) is 0 Å². The summed E-state index contributed by atoms with van der Waals surface area (Å²) in [6, 6.07) is 5.75. The average Bonchev–Trinajstić information content (AvgIpc) is 2.38. The Morgan fingerprint density at radius 2 is 2.18 bits per heavy atom. The van der Waals surface area contributed by atoms with E-state index in [1.807, 2.05) is 13.1 Å². The molecule has 0 aliphatic rings. The van der Waals surface area contributed by atoms with Gasteiger partial charge in [-0.05, 0) is 30.2 Å². The molecule has 17 heavy (non-hydrogen) atoms. The summed E-state index contributed by atoms with van der Waals surface area (Å²) >= 11 is 6.16. The van der Waals surface area contributed by atoms with E-state index in [2.05, 4.69) is 23.3 Å². The number of hydrogen-bond acceptors (Lipinski definition) is 3. The van der Waals surface area contributed by atoms with Crippen molar-refractivity contribution < 1.29 is 4.74 Å². The normalized spacial score (nSPS) is 10.6. The Morgan fingerprint density at radius 1 is 1.41 bits per heavy atom. The number of hydrogen-bond donors (Lipinski definition) is 1. The van der Waals surface area contributed by atoms with E-state index in [0.717, 1.165) is 34.5 Å². The highest BCUT2D eigenvalue weighted by molar-refractivity contribution is 6.35. The van der Waals surface area contributed by atoms with Crippen LogP contribution in [0.15, 0.2) is 18.2 Å². The van der Waals surface area contributed by atoms with Crippen molar-refractivity contribution in [3.05, 3.63) is 28.8 Å². The number of aryl methyl sites for hydroxylation is 1. The molecule has 0 radical (unpaired) electrons. The highest BCUT2D eigenvalue weighted by Gasteiger charge is 2.10. The molecule has 0 fully saturated rings. The Labute approximate surface area is 106 Å². The molecule has 3 nitrogen and oxygen atoms in total. The zero-order valence-corrected chi connectivity index (χ0v) is 10.9. The average molecular weight is 251 g/mol. The fraction of sp³-hybridized carbons (Fsp3) is 0.308.